The summed E-state index contributed by atoms with van der Waals surface area (Å²) < 4.78 is 5.01. The van der Waals surface area contributed by atoms with Crippen molar-refractivity contribution in [2.45, 2.75) is 39.2 Å². The molecule has 1 aromatic heterocycles. The predicted molar refractivity (Wildman–Crippen MR) is 67.7 cm³/mol. The molecule has 0 aliphatic heterocycles. The summed E-state index contributed by atoms with van der Waals surface area (Å²) in [4.78, 5) is 14.2. The molecule has 0 spiro atoms. The minimum Gasteiger partial charge on any atom is -0.361 e. The molecule has 5 heteroatoms. The van der Waals surface area contributed by atoms with Crippen LogP contribution in [0.25, 0.3) is 0 Å². The second-order valence-electron chi connectivity index (χ2n) is 5.28. The molecule has 0 radical (unpaired) electrons. The molecule has 1 saturated carbocycles. The summed E-state index contributed by atoms with van der Waals surface area (Å²) in [6, 6.07) is 1.85. The van der Waals surface area contributed by atoms with Crippen molar-refractivity contribution in [1.82, 2.24) is 10.1 Å². The predicted octanol–water partition coefficient (Wildman–Crippen LogP) is 1.46. The molecule has 0 unspecified atom stereocenters. The molecule has 1 fully saturated rings. The summed E-state index contributed by atoms with van der Waals surface area (Å²) in [5.41, 5.74) is 6.27. The Morgan fingerprint density at radius 1 is 1.56 bits per heavy atom. The van der Waals surface area contributed by atoms with Gasteiger partial charge in [0, 0.05) is 19.7 Å². The van der Waals surface area contributed by atoms with Crippen LogP contribution in [-0.2, 0) is 11.3 Å². The lowest BCUT2D eigenvalue weighted by atomic mass is 9.84. The number of aromatic nitrogens is 1. The zero-order valence-electron chi connectivity index (χ0n) is 11.1. The molecule has 1 aliphatic rings. The van der Waals surface area contributed by atoms with Crippen LogP contribution in [0.5, 0.6) is 0 Å². The molecule has 0 saturated heterocycles. The Hall–Kier alpha value is -1.36. The van der Waals surface area contributed by atoms with Gasteiger partial charge < -0.3 is 15.2 Å². The number of amides is 1. The Bertz CT molecular complexity index is 422. The van der Waals surface area contributed by atoms with E-state index in [9.17, 15) is 4.79 Å². The van der Waals surface area contributed by atoms with Crippen LogP contribution < -0.4 is 5.73 Å². The zero-order chi connectivity index (χ0) is 13.2. The van der Waals surface area contributed by atoms with Crippen LogP contribution in [0.1, 0.15) is 37.1 Å². The van der Waals surface area contributed by atoms with Crippen LogP contribution >= 0.6 is 0 Å². The average molecular weight is 251 g/mol. The van der Waals surface area contributed by atoms with Crippen LogP contribution in [0.2, 0.25) is 0 Å². The van der Waals surface area contributed by atoms with Gasteiger partial charge in [0.1, 0.15) is 11.5 Å². The third kappa shape index (κ3) is 2.41. The highest BCUT2D eigenvalue weighted by molar-refractivity contribution is 5.83. The largest absolute Gasteiger partial charge is 0.361 e. The first-order chi connectivity index (χ1) is 8.57. The molecular weight excluding hydrogens is 230 g/mol. The van der Waals surface area contributed by atoms with E-state index in [2.05, 4.69) is 5.16 Å². The number of aryl methyl sites for hydroxylation is 1. The number of hydrogen-bond donors (Lipinski definition) is 1. The summed E-state index contributed by atoms with van der Waals surface area (Å²) in [5, 5.41) is 3.91. The number of nitrogens with zero attached hydrogens (tertiary/aromatic N) is 2. The minimum absolute atomic E-state index is 0.142. The Morgan fingerprint density at radius 2 is 2.22 bits per heavy atom. The van der Waals surface area contributed by atoms with E-state index < -0.39 is 0 Å². The highest BCUT2D eigenvalue weighted by Gasteiger charge is 2.41. The van der Waals surface area contributed by atoms with E-state index in [0.29, 0.717) is 13.1 Å². The molecule has 5 nitrogen and oxygen atoms in total. The Balaban J connectivity index is 2.04. The molecule has 0 atom stereocenters. The molecule has 0 aromatic carbocycles. The molecular formula is C13H21N3O2. The van der Waals surface area contributed by atoms with Gasteiger partial charge >= 0.3 is 0 Å². The third-order valence-electron chi connectivity index (χ3n) is 3.83. The van der Waals surface area contributed by atoms with Crippen molar-refractivity contribution >= 4 is 5.91 Å². The number of hydrogen-bond acceptors (Lipinski definition) is 4. The lowest BCUT2D eigenvalue weighted by molar-refractivity contribution is -0.140. The molecule has 2 rings (SSSR count). The van der Waals surface area contributed by atoms with E-state index in [-0.39, 0.29) is 11.3 Å². The van der Waals surface area contributed by atoms with Crippen molar-refractivity contribution in [3.8, 4) is 0 Å². The molecule has 0 bridgehead atoms. The van der Waals surface area contributed by atoms with Gasteiger partial charge in [0.2, 0.25) is 5.91 Å². The van der Waals surface area contributed by atoms with Gasteiger partial charge in [-0.3, -0.25) is 4.79 Å². The first-order valence-electron chi connectivity index (χ1n) is 6.45. The first kappa shape index (κ1) is 13.1. The number of rotatable bonds is 4. The quantitative estimate of drug-likeness (QED) is 0.879. The number of carbonyl (C=O) groups is 1. The summed E-state index contributed by atoms with van der Waals surface area (Å²) in [6.07, 6.45) is 4.01. The fourth-order valence-corrected chi connectivity index (χ4v) is 2.77. The molecule has 1 heterocycles. The van der Waals surface area contributed by atoms with E-state index in [1.807, 2.05) is 20.0 Å². The number of nitrogens with two attached hydrogens (primary N) is 1. The molecule has 1 aromatic rings. The van der Waals surface area contributed by atoms with Gasteiger partial charge in [-0.25, -0.2) is 0 Å². The Kier molecular flexibility index (Phi) is 3.71. The third-order valence-corrected chi connectivity index (χ3v) is 3.83. The van der Waals surface area contributed by atoms with Crippen molar-refractivity contribution in [1.29, 1.82) is 0 Å². The topological polar surface area (TPSA) is 72.4 Å². The SMILES string of the molecule is Cc1cc(CN(C)C(=O)C2(CN)CCCC2)no1. The summed E-state index contributed by atoms with van der Waals surface area (Å²) in [6.45, 7) is 2.77. The second-order valence-corrected chi connectivity index (χ2v) is 5.28. The fourth-order valence-electron chi connectivity index (χ4n) is 2.77. The monoisotopic (exact) mass is 251 g/mol. The highest BCUT2D eigenvalue weighted by Crippen LogP contribution is 2.38. The van der Waals surface area contributed by atoms with Crippen LogP contribution in [0.3, 0.4) is 0 Å². The lowest BCUT2D eigenvalue weighted by Gasteiger charge is -2.30. The molecule has 18 heavy (non-hydrogen) atoms. The van der Waals surface area contributed by atoms with E-state index in [4.69, 9.17) is 10.3 Å². The van der Waals surface area contributed by atoms with Gasteiger partial charge in [-0.2, -0.15) is 0 Å². The van der Waals surface area contributed by atoms with Gasteiger partial charge in [-0.15, -0.1) is 0 Å². The molecule has 2 N–H and O–H groups in total. The van der Waals surface area contributed by atoms with E-state index in [1.165, 1.54) is 0 Å². The van der Waals surface area contributed by atoms with Crippen LogP contribution in [0, 0.1) is 12.3 Å². The molecule has 1 aliphatic carbocycles. The van der Waals surface area contributed by atoms with Gasteiger partial charge in [-0.05, 0) is 19.8 Å². The van der Waals surface area contributed by atoms with Crippen LogP contribution in [0.15, 0.2) is 10.6 Å². The second kappa shape index (κ2) is 5.10. The van der Waals surface area contributed by atoms with E-state index in [0.717, 1.165) is 37.1 Å². The Labute approximate surface area is 107 Å². The van der Waals surface area contributed by atoms with Crippen LogP contribution in [-0.4, -0.2) is 29.6 Å². The van der Waals surface area contributed by atoms with Gasteiger partial charge in [-0.1, -0.05) is 18.0 Å². The minimum atomic E-state index is -0.340. The smallest absolute Gasteiger partial charge is 0.230 e. The highest BCUT2D eigenvalue weighted by atomic mass is 16.5. The van der Waals surface area contributed by atoms with Gasteiger partial charge in [0.05, 0.1) is 12.0 Å². The average Bonchev–Trinajstić information content (AvgIpc) is 2.98. The Morgan fingerprint density at radius 3 is 2.72 bits per heavy atom. The maximum atomic E-state index is 12.5. The van der Waals surface area contributed by atoms with Gasteiger partial charge in [0.25, 0.3) is 0 Å². The summed E-state index contributed by atoms with van der Waals surface area (Å²) in [5.74, 6) is 0.906. The fraction of sp³-hybridized carbons (Fsp3) is 0.692. The summed E-state index contributed by atoms with van der Waals surface area (Å²) in [7, 11) is 1.81. The van der Waals surface area contributed by atoms with Crippen molar-refractivity contribution in [3.05, 3.63) is 17.5 Å². The number of carbonyl (C=O) groups excluding carboxylic acids is 1. The molecule has 1 amide bonds. The van der Waals surface area contributed by atoms with Gasteiger partial charge in [0.15, 0.2) is 0 Å². The zero-order valence-corrected chi connectivity index (χ0v) is 11.1. The summed E-state index contributed by atoms with van der Waals surface area (Å²) >= 11 is 0. The van der Waals surface area contributed by atoms with E-state index in [1.54, 1.807) is 4.90 Å². The van der Waals surface area contributed by atoms with Crippen molar-refractivity contribution < 1.29 is 9.32 Å². The van der Waals surface area contributed by atoms with E-state index >= 15 is 0 Å². The first-order valence-corrected chi connectivity index (χ1v) is 6.45. The lowest BCUT2D eigenvalue weighted by Crippen LogP contribution is -2.44. The molecule has 100 valence electrons. The standard InChI is InChI=1S/C13H21N3O2/c1-10-7-11(15-18-10)8-16(2)12(17)13(9-14)5-3-4-6-13/h7H,3-6,8-9,14H2,1-2H3. The normalized spacial score (nSPS) is 17.9. The maximum absolute atomic E-state index is 12.5. The maximum Gasteiger partial charge on any atom is 0.230 e. The van der Waals surface area contributed by atoms with Crippen molar-refractivity contribution in [2.75, 3.05) is 13.6 Å². The van der Waals surface area contributed by atoms with Crippen molar-refractivity contribution in [2.24, 2.45) is 11.1 Å². The van der Waals surface area contributed by atoms with Crippen LogP contribution in [0.4, 0.5) is 0 Å². The van der Waals surface area contributed by atoms with Crippen molar-refractivity contribution in [3.63, 3.8) is 0 Å².